The molecule has 0 bridgehead atoms. The molecule has 0 radical (unpaired) electrons. The quantitative estimate of drug-likeness (QED) is 0.661. The predicted molar refractivity (Wildman–Crippen MR) is 100.0 cm³/mol. The molecular weight excluding hydrogens is 368 g/mol. The molecule has 3 rings (SSSR count). The van der Waals surface area contributed by atoms with Crippen LogP contribution in [0.25, 0.3) is 0 Å². The van der Waals surface area contributed by atoms with Gasteiger partial charge >= 0.3 is 6.03 Å². The lowest BCUT2D eigenvalue weighted by atomic mass is 10.0. The second kappa shape index (κ2) is 7.21. The van der Waals surface area contributed by atoms with Gasteiger partial charge in [0.05, 0.1) is 37.6 Å². The number of aryl methyl sites for hydroxylation is 2. The smallest absolute Gasteiger partial charge is 0.328 e. The zero-order chi connectivity index (χ0) is 19.9. The van der Waals surface area contributed by atoms with E-state index >= 15 is 0 Å². The van der Waals surface area contributed by atoms with E-state index in [0.717, 1.165) is 27.2 Å². The minimum atomic E-state index is -3.58. The van der Waals surface area contributed by atoms with Crippen LogP contribution in [0.5, 0.6) is 0 Å². The Kier molecular flexibility index (Phi) is 5.29. The number of nitrogens with one attached hydrogen (secondary N) is 2. The highest BCUT2D eigenvalue weighted by Gasteiger charge is 2.36. The largest absolute Gasteiger partial charge is 0.329 e. The van der Waals surface area contributed by atoms with Crippen LogP contribution in [0.3, 0.4) is 0 Å². The summed E-state index contributed by atoms with van der Waals surface area (Å²) in [4.78, 5) is 26.1. The third kappa shape index (κ3) is 3.59. The first-order valence-electron chi connectivity index (χ1n) is 9.12. The number of rotatable bonds is 4. The summed E-state index contributed by atoms with van der Waals surface area (Å²) in [5, 5.41) is 2.50. The molecule has 2 fully saturated rings. The van der Waals surface area contributed by atoms with Gasteiger partial charge in [0, 0.05) is 0 Å². The number of sulfonamides is 1. The molecule has 0 saturated carbocycles. The third-order valence-electron chi connectivity index (χ3n) is 5.64. The first-order chi connectivity index (χ1) is 12.6. The number of quaternary nitrogens is 1. The summed E-state index contributed by atoms with van der Waals surface area (Å²) in [5.74, 6) is -0.232. The van der Waals surface area contributed by atoms with Gasteiger partial charge in [0.25, 0.3) is 5.91 Å². The highest BCUT2D eigenvalue weighted by molar-refractivity contribution is 7.89. The number of nitrogens with zero attached hydrogens (tertiary/aromatic N) is 2. The summed E-state index contributed by atoms with van der Waals surface area (Å²) in [7, 11) is -3.58. The third-order valence-corrected chi connectivity index (χ3v) is 7.82. The van der Waals surface area contributed by atoms with Gasteiger partial charge in [-0.3, -0.25) is 4.79 Å². The second-order valence-electron chi connectivity index (χ2n) is 7.38. The molecule has 2 aliphatic heterocycles. The highest BCUT2D eigenvalue weighted by atomic mass is 32.2. The van der Waals surface area contributed by atoms with E-state index in [1.165, 1.54) is 9.21 Å². The van der Waals surface area contributed by atoms with E-state index in [9.17, 15) is 18.0 Å². The highest BCUT2D eigenvalue weighted by Crippen LogP contribution is 2.28. The molecule has 0 aliphatic carbocycles. The van der Waals surface area contributed by atoms with Crippen molar-refractivity contribution in [1.29, 1.82) is 0 Å². The Balaban J connectivity index is 1.74. The molecule has 0 atom stereocenters. The van der Waals surface area contributed by atoms with Gasteiger partial charge in [-0.2, -0.15) is 4.31 Å². The number of carbonyl (C=O) groups is 2. The molecule has 148 valence electrons. The summed E-state index contributed by atoms with van der Waals surface area (Å²) < 4.78 is 28.1. The van der Waals surface area contributed by atoms with Gasteiger partial charge in [0.1, 0.15) is 0 Å². The minimum absolute atomic E-state index is 0.0396. The minimum Gasteiger partial charge on any atom is -0.328 e. The van der Waals surface area contributed by atoms with Gasteiger partial charge in [0.2, 0.25) is 10.0 Å². The Morgan fingerprint density at radius 2 is 1.59 bits per heavy atom. The first kappa shape index (κ1) is 19.8. The Bertz CT molecular complexity index is 847. The summed E-state index contributed by atoms with van der Waals surface area (Å²) in [6, 6.07) is 1.65. The number of amides is 3. The van der Waals surface area contributed by atoms with Gasteiger partial charge in [-0.25, -0.2) is 18.1 Å². The fraction of sp³-hybridized carbons (Fsp3) is 0.556. The maximum atomic E-state index is 13.3. The van der Waals surface area contributed by atoms with Crippen LogP contribution in [0.4, 0.5) is 4.79 Å². The van der Waals surface area contributed by atoms with Gasteiger partial charge in [0.15, 0.2) is 6.67 Å². The fourth-order valence-corrected chi connectivity index (χ4v) is 5.75. The molecule has 0 aromatic heterocycles. The Morgan fingerprint density at radius 3 is 2.07 bits per heavy atom. The van der Waals surface area contributed by atoms with Crippen LogP contribution >= 0.6 is 0 Å². The van der Waals surface area contributed by atoms with E-state index in [4.69, 9.17) is 0 Å². The molecule has 2 N–H and O–H groups in total. The van der Waals surface area contributed by atoms with E-state index in [-0.39, 0.29) is 25.2 Å². The lowest BCUT2D eigenvalue weighted by molar-refractivity contribution is -0.910. The Morgan fingerprint density at radius 1 is 1.04 bits per heavy atom. The average molecular weight is 396 g/mol. The van der Waals surface area contributed by atoms with Crippen molar-refractivity contribution in [3.05, 3.63) is 28.3 Å². The lowest BCUT2D eigenvalue weighted by Gasteiger charge is -2.33. The number of piperazine rings is 1. The maximum Gasteiger partial charge on any atom is 0.329 e. The molecule has 8 nitrogen and oxygen atoms in total. The fourth-order valence-electron chi connectivity index (χ4n) is 3.74. The lowest BCUT2D eigenvalue weighted by Crippen LogP contribution is -3.16. The molecule has 2 aliphatic rings. The topological polar surface area (TPSA) is 91.2 Å². The molecule has 2 saturated heterocycles. The maximum absolute atomic E-state index is 13.3. The molecule has 0 spiro atoms. The molecule has 2 heterocycles. The van der Waals surface area contributed by atoms with Crippen molar-refractivity contribution in [1.82, 2.24) is 14.5 Å². The number of imide groups is 1. The first-order valence-corrected chi connectivity index (χ1v) is 10.6. The van der Waals surface area contributed by atoms with E-state index in [2.05, 4.69) is 5.32 Å². The number of carbonyl (C=O) groups excluding carboxylic acids is 2. The SMILES string of the molecule is Cc1cc(C)c(C)c(S(=O)(=O)N2CC[NH+](CN3C(=O)CNC3=O)CC2)c1C. The van der Waals surface area contributed by atoms with Gasteiger partial charge in [-0.15, -0.1) is 0 Å². The number of hydrogen-bond acceptors (Lipinski definition) is 4. The van der Waals surface area contributed by atoms with Crippen LogP contribution in [0.2, 0.25) is 0 Å². The van der Waals surface area contributed by atoms with Crippen LogP contribution < -0.4 is 10.2 Å². The van der Waals surface area contributed by atoms with Crippen LogP contribution in [-0.2, 0) is 14.8 Å². The zero-order valence-corrected chi connectivity index (χ0v) is 17.1. The molecule has 3 amide bonds. The van der Waals surface area contributed by atoms with E-state index in [1.54, 1.807) is 0 Å². The van der Waals surface area contributed by atoms with Gasteiger partial charge < -0.3 is 10.2 Å². The van der Waals surface area contributed by atoms with Crippen LogP contribution in [0.15, 0.2) is 11.0 Å². The monoisotopic (exact) mass is 395 g/mol. The number of urea groups is 1. The van der Waals surface area contributed by atoms with E-state index in [1.807, 2.05) is 33.8 Å². The average Bonchev–Trinajstić information content (AvgIpc) is 2.92. The zero-order valence-electron chi connectivity index (χ0n) is 16.3. The molecule has 9 heteroatoms. The standard InChI is InChI=1S/C18H26N4O4S/c1-12-9-13(2)15(4)17(14(12)3)27(25,26)21-7-5-20(6-8-21)11-22-16(23)10-19-18(22)24/h9H,5-8,10-11H2,1-4H3,(H,19,24)/p+1. The summed E-state index contributed by atoms with van der Waals surface area (Å²) in [5.41, 5.74) is 3.54. The summed E-state index contributed by atoms with van der Waals surface area (Å²) in [6.07, 6.45) is 0. The van der Waals surface area contributed by atoms with Gasteiger partial charge in [-0.05, 0) is 49.9 Å². The van der Waals surface area contributed by atoms with Crippen LogP contribution in [0, 0.1) is 27.7 Å². The molecular formula is C18H27N4O4S+. The van der Waals surface area contributed by atoms with Crippen molar-refractivity contribution in [2.75, 3.05) is 39.4 Å². The van der Waals surface area contributed by atoms with Crippen molar-refractivity contribution in [2.45, 2.75) is 32.6 Å². The Labute approximate surface area is 160 Å². The molecule has 1 aromatic rings. The van der Waals surface area contributed by atoms with Crippen molar-refractivity contribution >= 4 is 22.0 Å². The normalized spacial score (nSPS) is 19.6. The Hall–Kier alpha value is -1.97. The van der Waals surface area contributed by atoms with Crippen molar-refractivity contribution in [3.8, 4) is 0 Å². The van der Waals surface area contributed by atoms with Crippen molar-refractivity contribution < 1.29 is 22.9 Å². The van der Waals surface area contributed by atoms with Gasteiger partial charge in [-0.1, -0.05) is 6.07 Å². The molecule has 0 unspecified atom stereocenters. The number of benzene rings is 1. The molecule has 1 aromatic carbocycles. The van der Waals surface area contributed by atoms with Crippen LogP contribution in [-0.4, -0.2) is 69.0 Å². The predicted octanol–water partition coefficient (Wildman–Crippen LogP) is -0.681. The summed E-state index contributed by atoms with van der Waals surface area (Å²) >= 11 is 0. The number of hydrogen-bond donors (Lipinski definition) is 2. The van der Waals surface area contributed by atoms with Crippen LogP contribution in [0.1, 0.15) is 22.3 Å². The van der Waals surface area contributed by atoms with Crippen molar-refractivity contribution in [3.63, 3.8) is 0 Å². The summed E-state index contributed by atoms with van der Waals surface area (Å²) in [6.45, 7) is 9.74. The van der Waals surface area contributed by atoms with E-state index in [0.29, 0.717) is 31.1 Å². The molecule has 27 heavy (non-hydrogen) atoms. The second-order valence-corrected chi connectivity index (χ2v) is 9.26. The van der Waals surface area contributed by atoms with Crippen molar-refractivity contribution in [2.24, 2.45) is 0 Å². The van der Waals surface area contributed by atoms with E-state index < -0.39 is 10.0 Å².